The Balaban J connectivity index is 1.59. The molecule has 0 aliphatic carbocycles. The molecule has 0 spiro atoms. The highest BCUT2D eigenvalue weighted by atomic mass is 32.2. The lowest BCUT2D eigenvalue weighted by atomic mass is 10.1. The third kappa shape index (κ3) is 6.55. The zero-order valence-electron chi connectivity index (χ0n) is 17.0. The average Bonchev–Trinajstić information content (AvgIpc) is 2.78. The van der Waals surface area contributed by atoms with Gasteiger partial charge in [0.05, 0.1) is 17.7 Å². The molecule has 0 atom stereocenters. The zero-order chi connectivity index (χ0) is 23.1. The lowest BCUT2D eigenvalue weighted by Gasteiger charge is -2.31. The molecule has 1 aliphatic heterocycles. The van der Waals surface area contributed by atoms with Crippen molar-refractivity contribution in [1.29, 1.82) is 0 Å². The molecule has 11 heteroatoms. The number of nitrogens with one attached hydrogen (secondary N) is 1. The van der Waals surface area contributed by atoms with Gasteiger partial charge < -0.3 is 9.84 Å². The normalized spacial score (nSPS) is 15.5. The maximum absolute atomic E-state index is 12.7. The molecule has 1 fully saturated rings. The van der Waals surface area contributed by atoms with Crippen LogP contribution in [-0.4, -0.2) is 52.1 Å². The highest BCUT2D eigenvalue weighted by Gasteiger charge is 2.30. The van der Waals surface area contributed by atoms with Gasteiger partial charge in [0, 0.05) is 28.6 Å². The van der Waals surface area contributed by atoms with Crippen LogP contribution in [0.15, 0.2) is 52.3 Å². The number of alkyl halides is 3. The van der Waals surface area contributed by atoms with Crippen LogP contribution in [0, 0.1) is 0 Å². The van der Waals surface area contributed by atoms with E-state index < -0.39 is 17.6 Å². The van der Waals surface area contributed by atoms with Gasteiger partial charge in [-0.25, -0.2) is 9.79 Å². The summed E-state index contributed by atoms with van der Waals surface area (Å²) >= 11 is 2.73. The molecule has 3 N–H and O–H groups in total. The number of piperidine rings is 1. The van der Waals surface area contributed by atoms with Gasteiger partial charge in [-0.2, -0.15) is 13.2 Å². The fourth-order valence-corrected chi connectivity index (χ4v) is 5.24. The number of ether oxygens (including phenoxy) is 1. The van der Waals surface area contributed by atoms with Crippen LogP contribution < -0.4 is 10.2 Å². The van der Waals surface area contributed by atoms with E-state index in [1.807, 2.05) is 6.07 Å². The van der Waals surface area contributed by atoms with E-state index in [0.29, 0.717) is 52.8 Å². The molecule has 0 unspecified atom stereocenters. The molecule has 0 saturated carbocycles. The Hall–Kier alpha value is -1.92. The number of carbonyl (C=O) groups excluding carboxylic acids is 1. The van der Waals surface area contributed by atoms with Gasteiger partial charge in [0.2, 0.25) is 0 Å². The minimum Gasteiger partial charge on any atom is -0.490 e. The summed E-state index contributed by atoms with van der Waals surface area (Å²) in [6.45, 7) is 1.28. The summed E-state index contributed by atoms with van der Waals surface area (Å²) in [5.41, 5.74) is 1.32. The highest BCUT2D eigenvalue weighted by molar-refractivity contribution is 7.99. The molecule has 1 amide bonds. The molecule has 0 radical (unpaired) electrons. The lowest BCUT2D eigenvalue weighted by molar-refractivity contribution is -0.137. The van der Waals surface area contributed by atoms with E-state index in [0.717, 1.165) is 12.1 Å². The number of hydrogen-bond donors (Lipinski definition) is 3. The number of hydroxylamine groups is 1. The van der Waals surface area contributed by atoms with Gasteiger partial charge >= 0.3 is 6.18 Å². The van der Waals surface area contributed by atoms with Crippen LogP contribution in [0.5, 0.6) is 5.75 Å². The highest BCUT2D eigenvalue weighted by Crippen LogP contribution is 2.35. The number of halogens is 3. The molecule has 0 aromatic heterocycles. The zero-order valence-corrected chi connectivity index (χ0v) is 18.6. The summed E-state index contributed by atoms with van der Waals surface area (Å²) in [6.07, 6.45) is -3.14. The van der Waals surface area contributed by atoms with Crippen LogP contribution in [-0.2, 0) is 6.18 Å². The largest absolute Gasteiger partial charge is 0.490 e. The molecule has 2 aromatic rings. The van der Waals surface area contributed by atoms with Gasteiger partial charge in [0.25, 0.3) is 5.91 Å². The minimum absolute atomic E-state index is 0.0331. The number of benzene rings is 2. The van der Waals surface area contributed by atoms with Crippen molar-refractivity contribution in [2.45, 2.75) is 34.9 Å². The van der Waals surface area contributed by atoms with E-state index in [1.165, 1.54) is 35.8 Å². The van der Waals surface area contributed by atoms with Gasteiger partial charge in [-0.15, -0.1) is 11.8 Å². The standard InChI is InChI=1S/C21H23F3N2O4S2/c22-21(23,24)14-4-6-15(7-5-14)30-16-8-10-26(11-9-16)32-18-3-1-2-17(31-13-12-27)19(18)20(28)25-29/h1-7,16,27,29H,8-13H2,(H,25,28). The van der Waals surface area contributed by atoms with E-state index in [9.17, 15) is 18.0 Å². The fraction of sp³-hybridized carbons (Fsp3) is 0.381. The van der Waals surface area contributed by atoms with Crippen LogP contribution in [0.1, 0.15) is 28.8 Å². The monoisotopic (exact) mass is 488 g/mol. The molecule has 3 rings (SSSR count). The lowest BCUT2D eigenvalue weighted by Crippen LogP contribution is -2.34. The van der Waals surface area contributed by atoms with Gasteiger partial charge in [0.15, 0.2) is 0 Å². The molecule has 32 heavy (non-hydrogen) atoms. The van der Waals surface area contributed by atoms with E-state index in [1.54, 1.807) is 17.6 Å². The van der Waals surface area contributed by atoms with Crippen molar-refractivity contribution in [2.75, 3.05) is 25.4 Å². The number of thioether (sulfide) groups is 1. The summed E-state index contributed by atoms with van der Waals surface area (Å²) in [7, 11) is 0. The van der Waals surface area contributed by atoms with Crippen molar-refractivity contribution >= 4 is 29.6 Å². The van der Waals surface area contributed by atoms with Gasteiger partial charge in [0.1, 0.15) is 11.9 Å². The Morgan fingerprint density at radius 3 is 2.38 bits per heavy atom. The Kier molecular flexibility index (Phi) is 8.72. The average molecular weight is 489 g/mol. The molecule has 6 nitrogen and oxygen atoms in total. The summed E-state index contributed by atoms with van der Waals surface area (Å²) < 4.78 is 46.0. The number of nitrogens with zero attached hydrogens (tertiary/aromatic N) is 1. The molecular formula is C21H23F3N2O4S2. The van der Waals surface area contributed by atoms with Crippen LogP contribution in [0.4, 0.5) is 13.2 Å². The van der Waals surface area contributed by atoms with E-state index >= 15 is 0 Å². The first-order valence-electron chi connectivity index (χ1n) is 9.89. The van der Waals surface area contributed by atoms with Gasteiger partial charge in [-0.05, 0) is 61.2 Å². The van der Waals surface area contributed by atoms with Crippen LogP contribution in [0.2, 0.25) is 0 Å². The molecular weight excluding hydrogens is 465 g/mol. The molecule has 2 aromatic carbocycles. The summed E-state index contributed by atoms with van der Waals surface area (Å²) in [5.74, 6) is 0.209. The molecule has 0 bridgehead atoms. The summed E-state index contributed by atoms with van der Waals surface area (Å²) in [6, 6.07) is 10.1. The molecule has 1 aliphatic rings. The maximum Gasteiger partial charge on any atom is 0.416 e. The van der Waals surface area contributed by atoms with Crippen LogP contribution in [0.3, 0.4) is 0 Å². The van der Waals surface area contributed by atoms with E-state index in [4.69, 9.17) is 15.1 Å². The smallest absolute Gasteiger partial charge is 0.416 e. The minimum atomic E-state index is -4.37. The Bertz CT molecular complexity index is 905. The van der Waals surface area contributed by atoms with E-state index in [2.05, 4.69) is 4.31 Å². The SMILES string of the molecule is O=C(NO)c1c(SCCO)cccc1SN1CCC(Oc2ccc(C(F)(F)F)cc2)CC1. The van der Waals surface area contributed by atoms with Crippen molar-refractivity contribution in [3.63, 3.8) is 0 Å². The quantitative estimate of drug-likeness (QED) is 0.219. The van der Waals surface area contributed by atoms with Crippen molar-refractivity contribution in [3.05, 3.63) is 53.6 Å². The Labute approximate surface area is 192 Å². The molecule has 174 valence electrons. The number of rotatable bonds is 8. The number of carbonyl (C=O) groups is 1. The third-order valence-electron chi connectivity index (χ3n) is 4.78. The van der Waals surface area contributed by atoms with Gasteiger partial charge in [-0.1, -0.05) is 6.07 Å². The van der Waals surface area contributed by atoms with E-state index in [-0.39, 0.29) is 12.7 Å². The van der Waals surface area contributed by atoms with Crippen molar-refractivity contribution in [3.8, 4) is 5.75 Å². The molecule has 1 heterocycles. The first-order chi connectivity index (χ1) is 15.3. The first kappa shape index (κ1) is 24.7. The van der Waals surface area contributed by atoms with Crippen molar-refractivity contribution in [2.24, 2.45) is 0 Å². The second-order valence-electron chi connectivity index (χ2n) is 7.00. The second kappa shape index (κ2) is 11.3. The predicted molar refractivity (Wildman–Crippen MR) is 116 cm³/mol. The predicted octanol–water partition coefficient (Wildman–Crippen LogP) is 4.46. The van der Waals surface area contributed by atoms with Gasteiger partial charge in [-0.3, -0.25) is 10.0 Å². The second-order valence-corrected chi connectivity index (χ2v) is 9.28. The molecule has 1 saturated heterocycles. The van der Waals surface area contributed by atoms with Crippen LogP contribution in [0.25, 0.3) is 0 Å². The number of hydrogen-bond acceptors (Lipinski definition) is 7. The third-order valence-corrected chi connectivity index (χ3v) is 6.98. The Morgan fingerprint density at radius 1 is 1.12 bits per heavy atom. The summed E-state index contributed by atoms with van der Waals surface area (Å²) in [5, 5.41) is 18.2. The van der Waals surface area contributed by atoms with Crippen LogP contribution >= 0.6 is 23.7 Å². The maximum atomic E-state index is 12.7. The number of aliphatic hydroxyl groups excluding tert-OH is 1. The van der Waals surface area contributed by atoms with Crippen molar-refractivity contribution < 1.29 is 33.0 Å². The number of amides is 1. The topological polar surface area (TPSA) is 82.0 Å². The van der Waals surface area contributed by atoms with Crippen molar-refractivity contribution in [1.82, 2.24) is 9.79 Å². The summed E-state index contributed by atoms with van der Waals surface area (Å²) in [4.78, 5) is 13.6. The number of aliphatic hydroxyl groups is 1. The Morgan fingerprint density at radius 2 is 1.78 bits per heavy atom. The first-order valence-corrected chi connectivity index (χ1v) is 11.7. The fourth-order valence-electron chi connectivity index (χ4n) is 3.24.